The van der Waals surface area contributed by atoms with E-state index in [-0.39, 0.29) is 29.9 Å². The lowest BCUT2D eigenvalue weighted by Gasteiger charge is -2.40. The number of ether oxygens (including phenoxy) is 1. The molecule has 0 bridgehead atoms. The molecule has 0 radical (unpaired) electrons. The van der Waals surface area contributed by atoms with Gasteiger partial charge in [-0.05, 0) is 36.1 Å². The van der Waals surface area contributed by atoms with Crippen LogP contribution < -0.4 is 15.8 Å². The smallest absolute Gasteiger partial charge is 0.245 e. The van der Waals surface area contributed by atoms with E-state index in [1.807, 2.05) is 61.5 Å². The van der Waals surface area contributed by atoms with Crippen molar-refractivity contribution in [2.24, 2.45) is 11.7 Å². The van der Waals surface area contributed by atoms with Gasteiger partial charge in [0.2, 0.25) is 11.8 Å². The predicted octanol–water partition coefficient (Wildman–Crippen LogP) is 3.02. The van der Waals surface area contributed by atoms with Crippen LogP contribution in [0.15, 0.2) is 67.1 Å². The van der Waals surface area contributed by atoms with Gasteiger partial charge in [-0.1, -0.05) is 49.4 Å². The molecule has 1 saturated heterocycles. The number of imidazole rings is 1. The number of benzene rings is 2. The number of ketones is 1. The molecular weight excluding hydrogens is 506 g/mol. The van der Waals surface area contributed by atoms with Crippen molar-refractivity contribution in [3.05, 3.63) is 83.9 Å². The molecule has 2 unspecified atom stereocenters. The number of nitrogens with zero attached hydrogens (tertiary/aromatic N) is 2. The molecule has 1 aromatic heterocycles. The molecule has 1 aliphatic heterocycles. The normalized spacial score (nSPS) is 18.5. The second-order valence-electron chi connectivity index (χ2n) is 10.4. The van der Waals surface area contributed by atoms with Crippen molar-refractivity contribution in [1.29, 1.82) is 0 Å². The van der Waals surface area contributed by atoms with E-state index in [1.54, 1.807) is 18.2 Å². The molecule has 4 rings (SSSR count). The van der Waals surface area contributed by atoms with Gasteiger partial charge in [-0.25, -0.2) is 4.98 Å². The summed E-state index contributed by atoms with van der Waals surface area (Å²) < 4.78 is 5.27. The predicted molar refractivity (Wildman–Crippen MR) is 153 cm³/mol. The summed E-state index contributed by atoms with van der Waals surface area (Å²) in [5, 5.41) is 2.92. The van der Waals surface area contributed by atoms with Gasteiger partial charge < -0.3 is 25.7 Å². The molecule has 2 heterocycles. The highest BCUT2D eigenvalue weighted by Gasteiger charge is 2.38. The van der Waals surface area contributed by atoms with Crippen LogP contribution in [0.25, 0.3) is 0 Å². The van der Waals surface area contributed by atoms with Crippen LogP contribution >= 0.6 is 0 Å². The van der Waals surface area contributed by atoms with Gasteiger partial charge in [-0.15, -0.1) is 0 Å². The summed E-state index contributed by atoms with van der Waals surface area (Å²) in [5.74, 6) is 0.133. The second kappa shape index (κ2) is 13.9. The minimum atomic E-state index is -0.846. The van der Waals surface area contributed by atoms with Crippen molar-refractivity contribution in [2.45, 2.75) is 57.0 Å². The number of aromatic amines is 1. The van der Waals surface area contributed by atoms with Gasteiger partial charge in [0, 0.05) is 56.1 Å². The van der Waals surface area contributed by atoms with Gasteiger partial charge in [0.1, 0.15) is 17.6 Å². The summed E-state index contributed by atoms with van der Waals surface area (Å²) in [6, 6.07) is 15.7. The minimum Gasteiger partial charge on any atom is -0.497 e. The van der Waals surface area contributed by atoms with Crippen LogP contribution in [0.5, 0.6) is 5.75 Å². The fraction of sp³-hybridized carbons (Fsp3) is 0.419. The number of carbonyl (C=O) groups excluding carboxylic acids is 3. The molecule has 1 fully saturated rings. The highest BCUT2D eigenvalue weighted by molar-refractivity contribution is 5.90. The highest BCUT2D eigenvalue weighted by atomic mass is 16.5. The summed E-state index contributed by atoms with van der Waals surface area (Å²) in [6.45, 7) is 2.88. The standard InChI is InChI=1S/C31H39N5O4/c1-3-7-29(37)25-14-15-36(19-26(25)22-8-5-4-6-9-22)31(39)28(16-21-10-12-24(40-2)13-11-21)35-30(38)27(32)17-23-18-33-20-34-23/h4-6,8-13,18,20,25-28H,3,7,14-17,19,32H2,1-2H3,(H,33,34)(H,35,38)/t25?,26?,27-,28+/m0/s1. The number of aromatic nitrogens is 2. The zero-order chi connectivity index (χ0) is 28.5. The number of amides is 2. The summed E-state index contributed by atoms with van der Waals surface area (Å²) in [6.07, 6.45) is 5.66. The molecule has 4 atom stereocenters. The molecule has 0 aliphatic carbocycles. The topological polar surface area (TPSA) is 130 Å². The number of likely N-dealkylation sites (tertiary alicyclic amines) is 1. The summed E-state index contributed by atoms with van der Waals surface area (Å²) in [7, 11) is 1.60. The Morgan fingerprint density at radius 3 is 2.52 bits per heavy atom. The van der Waals surface area contributed by atoms with Crippen molar-refractivity contribution < 1.29 is 19.1 Å². The third kappa shape index (κ3) is 7.35. The molecule has 212 valence electrons. The molecule has 2 amide bonds. The van der Waals surface area contributed by atoms with Crippen LogP contribution in [0.4, 0.5) is 0 Å². The number of H-pyrrole nitrogens is 1. The third-order valence-electron chi connectivity index (χ3n) is 7.61. The first-order valence-electron chi connectivity index (χ1n) is 13.9. The number of nitrogens with one attached hydrogen (secondary N) is 2. The zero-order valence-corrected chi connectivity index (χ0v) is 23.2. The van der Waals surface area contributed by atoms with Gasteiger partial charge in [0.05, 0.1) is 19.5 Å². The van der Waals surface area contributed by atoms with E-state index in [9.17, 15) is 14.4 Å². The number of piperidine rings is 1. The molecule has 0 spiro atoms. The fourth-order valence-electron chi connectivity index (χ4n) is 5.43. The lowest BCUT2D eigenvalue weighted by Crippen LogP contribution is -2.56. The zero-order valence-electron chi connectivity index (χ0n) is 23.2. The molecule has 9 nitrogen and oxygen atoms in total. The maximum Gasteiger partial charge on any atom is 0.245 e. The third-order valence-corrected chi connectivity index (χ3v) is 7.61. The minimum absolute atomic E-state index is 0.0991. The number of Topliss-reactive ketones (excluding diaryl/α,β-unsaturated/α-hetero) is 1. The Bertz CT molecular complexity index is 1250. The molecule has 4 N–H and O–H groups in total. The number of methoxy groups -OCH3 is 1. The molecule has 2 aromatic carbocycles. The molecule has 0 saturated carbocycles. The van der Waals surface area contributed by atoms with Crippen molar-refractivity contribution in [3.63, 3.8) is 0 Å². The number of hydrogen-bond donors (Lipinski definition) is 3. The van der Waals surface area contributed by atoms with E-state index in [2.05, 4.69) is 15.3 Å². The summed E-state index contributed by atoms with van der Waals surface area (Å²) in [4.78, 5) is 49.0. The van der Waals surface area contributed by atoms with Crippen molar-refractivity contribution >= 4 is 17.6 Å². The second-order valence-corrected chi connectivity index (χ2v) is 10.4. The number of nitrogens with two attached hydrogens (primary N) is 1. The number of carbonyl (C=O) groups is 3. The Morgan fingerprint density at radius 1 is 1.12 bits per heavy atom. The van der Waals surface area contributed by atoms with Gasteiger partial charge in [0.15, 0.2) is 0 Å². The first-order valence-corrected chi connectivity index (χ1v) is 13.9. The van der Waals surface area contributed by atoms with Gasteiger partial charge in [-0.3, -0.25) is 14.4 Å². The van der Waals surface area contributed by atoms with Crippen LogP contribution in [-0.4, -0.2) is 64.7 Å². The van der Waals surface area contributed by atoms with Crippen LogP contribution in [0.3, 0.4) is 0 Å². The van der Waals surface area contributed by atoms with E-state index >= 15 is 0 Å². The number of hydrogen-bond acceptors (Lipinski definition) is 6. The monoisotopic (exact) mass is 545 g/mol. The van der Waals surface area contributed by atoms with Crippen molar-refractivity contribution in [2.75, 3.05) is 20.2 Å². The summed E-state index contributed by atoms with van der Waals surface area (Å²) in [5.41, 5.74) is 8.88. The highest BCUT2D eigenvalue weighted by Crippen LogP contribution is 2.34. The van der Waals surface area contributed by atoms with Gasteiger partial charge in [0.25, 0.3) is 0 Å². The maximum absolute atomic E-state index is 14.0. The lowest BCUT2D eigenvalue weighted by molar-refractivity contribution is -0.139. The van der Waals surface area contributed by atoms with Crippen molar-refractivity contribution in [1.82, 2.24) is 20.2 Å². The van der Waals surface area contributed by atoms with E-state index in [0.29, 0.717) is 38.1 Å². The maximum atomic E-state index is 14.0. The van der Waals surface area contributed by atoms with E-state index < -0.39 is 18.0 Å². The molecule has 40 heavy (non-hydrogen) atoms. The van der Waals surface area contributed by atoms with E-state index in [4.69, 9.17) is 10.5 Å². The van der Waals surface area contributed by atoms with Crippen molar-refractivity contribution in [3.8, 4) is 5.75 Å². The quantitative estimate of drug-likeness (QED) is 0.321. The average Bonchev–Trinajstić information content (AvgIpc) is 3.50. The Kier molecular flexibility index (Phi) is 10.1. The SMILES string of the molecule is CCCC(=O)C1CCN(C(=O)[C@@H](Cc2ccc(OC)cc2)NC(=O)[C@@H](N)Cc2cnc[nH]2)CC1c1ccccc1. The molecule has 9 heteroatoms. The van der Waals surface area contributed by atoms with Gasteiger partial charge >= 0.3 is 0 Å². The first-order chi connectivity index (χ1) is 19.4. The molecule has 1 aliphatic rings. The largest absolute Gasteiger partial charge is 0.497 e. The van der Waals surface area contributed by atoms with E-state index in [0.717, 1.165) is 23.2 Å². The Hall–Kier alpha value is -3.98. The lowest BCUT2D eigenvalue weighted by atomic mass is 9.77. The van der Waals surface area contributed by atoms with Crippen LogP contribution in [0.2, 0.25) is 0 Å². The summed E-state index contributed by atoms with van der Waals surface area (Å²) >= 11 is 0. The van der Waals surface area contributed by atoms with Crippen LogP contribution in [0, 0.1) is 5.92 Å². The molecular formula is C31H39N5O4. The fourth-order valence-corrected chi connectivity index (χ4v) is 5.43. The Morgan fingerprint density at radius 2 is 1.88 bits per heavy atom. The number of rotatable bonds is 12. The first kappa shape index (κ1) is 29.0. The Balaban J connectivity index is 1.55. The van der Waals surface area contributed by atoms with Crippen LogP contribution in [-0.2, 0) is 27.2 Å². The van der Waals surface area contributed by atoms with Crippen LogP contribution in [0.1, 0.15) is 48.9 Å². The van der Waals surface area contributed by atoms with E-state index in [1.165, 1.54) is 6.33 Å². The Labute approximate surface area is 235 Å². The molecule has 3 aromatic rings. The van der Waals surface area contributed by atoms with Gasteiger partial charge in [-0.2, -0.15) is 0 Å². The average molecular weight is 546 g/mol.